The zero-order valence-corrected chi connectivity index (χ0v) is 15.4. The predicted octanol–water partition coefficient (Wildman–Crippen LogP) is 3.22. The number of halogens is 1. The Morgan fingerprint density at radius 3 is 2.61 bits per heavy atom. The summed E-state index contributed by atoms with van der Waals surface area (Å²) in [6, 6.07) is 11.4. The Morgan fingerprint density at radius 2 is 1.89 bits per heavy atom. The van der Waals surface area contributed by atoms with Crippen LogP contribution in [0.5, 0.6) is 0 Å². The number of nitrogens with one attached hydrogen (secondary N) is 2. The Labute approximate surface area is 160 Å². The third-order valence-corrected chi connectivity index (χ3v) is 4.55. The van der Waals surface area contributed by atoms with E-state index in [-0.39, 0.29) is 18.0 Å². The van der Waals surface area contributed by atoms with E-state index >= 15 is 0 Å². The van der Waals surface area contributed by atoms with Crippen molar-refractivity contribution in [3.63, 3.8) is 0 Å². The molecule has 0 aliphatic carbocycles. The number of hydrogen-bond donors (Lipinski definition) is 2. The molecule has 2 aromatic carbocycles. The van der Waals surface area contributed by atoms with Crippen molar-refractivity contribution < 1.29 is 14.0 Å². The van der Waals surface area contributed by atoms with Crippen LogP contribution in [0.15, 0.2) is 42.5 Å². The van der Waals surface area contributed by atoms with E-state index < -0.39 is 17.8 Å². The minimum atomic E-state index is -0.838. The molecular formula is C20H18FN5O2. The molecule has 4 rings (SSSR count). The summed E-state index contributed by atoms with van der Waals surface area (Å²) in [5.41, 5.74) is 2.75. The molecule has 0 radical (unpaired) electrons. The molecule has 1 aromatic heterocycles. The van der Waals surface area contributed by atoms with Crippen molar-refractivity contribution in [2.24, 2.45) is 0 Å². The lowest BCUT2D eigenvalue weighted by atomic mass is 10.1. The van der Waals surface area contributed by atoms with Gasteiger partial charge in [-0.05, 0) is 31.5 Å². The number of amides is 2. The van der Waals surface area contributed by atoms with E-state index in [4.69, 9.17) is 0 Å². The molecule has 2 amide bonds. The van der Waals surface area contributed by atoms with Crippen LogP contribution in [-0.2, 0) is 9.59 Å². The van der Waals surface area contributed by atoms with Crippen LogP contribution in [0, 0.1) is 19.7 Å². The Morgan fingerprint density at radius 1 is 1.18 bits per heavy atom. The molecule has 2 heterocycles. The predicted molar refractivity (Wildman–Crippen MR) is 102 cm³/mol. The molecule has 0 bridgehead atoms. The second-order valence-corrected chi connectivity index (χ2v) is 6.81. The van der Waals surface area contributed by atoms with E-state index in [1.54, 1.807) is 13.0 Å². The van der Waals surface area contributed by atoms with Gasteiger partial charge in [0.15, 0.2) is 5.82 Å². The first kappa shape index (κ1) is 17.8. The molecule has 0 saturated heterocycles. The lowest BCUT2D eigenvalue weighted by molar-refractivity contribution is -0.123. The summed E-state index contributed by atoms with van der Waals surface area (Å²) in [6.07, 6.45) is -0.178. The van der Waals surface area contributed by atoms with Gasteiger partial charge in [0, 0.05) is 5.56 Å². The van der Waals surface area contributed by atoms with Crippen molar-refractivity contribution in [3.05, 3.63) is 59.4 Å². The SMILES string of the molecule is Cc1ccc(-c2nc3n(n2)C(CC(=O)Nc2ccc(C)cc2F)C(=O)N3)cc1. The highest BCUT2D eigenvalue weighted by Crippen LogP contribution is 2.28. The third kappa shape index (κ3) is 3.36. The van der Waals surface area contributed by atoms with Crippen LogP contribution < -0.4 is 10.6 Å². The number of carbonyl (C=O) groups excluding carboxylic acids is 2. The highest BCUT2D eigenvalue weighted by molar-refractivity contribution is 6.01. The van der Waals surface area contributed by atoms with Crippen LogP contribution in [-0.4, -0.2) is 26.6 Å². The quantitative estimate of drug-likeness (QED) is 0.728. The molecule has 1 aliphatic rings. The third-order valence-electron chi connectivity index (χ3n) is 4.55. The summed E-state index contributed by atoms with van der Waals surface area (Å²) >= 11 is 0. The zero-order valence-electron chi connectivity index (χ0n) is 15.4. The molecule has 142 valence electrons. The maximum absolute atomic E-state index is 13.9. The van der Waals surface area contributed by atoms with Crippen LogP contribution in [0.25, 0.3) is 11.4 Å². The van der Waals surface area contributed by atoms with Gasteiger partial charge in [-0.2, -0.15) is 4.98 Å². The van der Waals surface area contributed by atoms with Gasteiger partial charge < -0.3 is 5.32 Å². The monoisotopic (exact) mass is 379 g/mol. The minimum absolute atomic E-state index is 0.0770. The van der Waals surface area contributed by atoms with Gasteiger partial charge in [-0.25, -0.2) is 9.07 Å². The Bertz CT molecular complexity index is 1070. The van der Waals surface area contributed by atoms with Crippen molar-refractivity contribution in [1.82, 2.24) is 14.8 Å². The molecule has 0 spiro atoms. The minimum Gasteiger partial charge on any atom is -0.324 e. The fourth-order valence-electron chi connectivity index (χ4n) is 3.03. The molecular weight excluding hydrogens is 361 g/mol. The largest absolute Gasteiger partial charge is 0.324 e. The van der Waals surface area contributed by atoms with Gasteiger partial charge in [-0.1, -0.05) is 35.9 Å². The normalized spacial score (nSPS) is 15.2. The second-order valence-electron chi connectivity index (χ2n) is 6.81. The van der Waals surface area contributed by atoms with E-state index in [0.717, 1.165) is 16.7 Å². The fourth-order valence-corrected chi connectivity index (χ4v) is 3.03. The number of nitrogens with zero attached hydrogens (tertiary/aromatic N) is 3. The lowest BCUT2D eigenvalue weighted by Crippen LogP contribution is -2.24. The number of aromatic nitrogens is 3. The number of rotatable bonds is 4. The molecule has 2 N–H and O–H groups in total. The second kappa shape index (κ2) is 6.88. The highest BCUT2D eigenvalue weighted by atomic mass is 19.1. The number of anilines is 2. The first-order valence-electron chi connectivity index (χ1n) is 8.81. The molecule has 28 heavy (non-hydrogen) atoms. The van der Waals surface area contributed by atoms with E-state index in [1.807, 2.05) is 31.2 Å². The summed E-state index contributed by atoms with van der Waals surface area (Å²) in [6.45, 7) is 3.74. The van der Waals surface area contributed by atoms with Gasteiger partial charge >= 0.3 is 0 Å². The smallest absolute Gasteiger partial charge is 0.252 e. The topological polar surface area (TPSA) is 88.9 Å². The molecule has 1 aliphatic heterocycles. The first-order chi connectivity index (χ1) is 13.4. The van der Waals surface area contributed by atoms with E-state index in [0.29, 0.717) is 11.8 Å². The number of carbonyl (C=O) groups is 2. The molecule has 7 nitrogen and oxygen atoms in total. The van der Waals surface area contributed by atoms with Crippen LogP contribution in [0.3, 0.4) is 0 Å². The summed E-state index contributed by atoms with van der Waals surface area (Å²) in [5.74, 6) is -0.620. The maximum atomic E-state index is 13.9. The highest BCUT2D eigenvalue weighted by Gasteiger charge is 2.35. The van der Waals surface area contributed by atoms with Crippen LogP contribution in [0.4, 0.5) is 16.0 Å². The molecule has 0 saturated carbocycles. The van der Waals surface area contributed by atoms with Crippen molar-refractivity contribution in [3.8, 4) is 11.4 Å². The number of benzene rings is 2. The van der Waals surface area contributed by atoms with Crippen molar-refractivity contribution in [1.29, 1.82) is 0 Å². The summed E-state index contributed by atoms with van der Waals surface area (Å²) in [7, 11) is 0. The summed E-state index contributed by atoms with van der Waals surface area (Å²) < 4.78 is 15.3. The van der Waals surface area contributed by atoms with Crippen molar-refractivity contribution >= 4 is 23.5 Å². The van der Waals surface area contributed by atoms with Gasteiger partial charge in [0.1, 0.15) is 11.9 Å². The standard InChI is InChI=1S/C20H18FN5O2/c1-11-3-6-13(7-4-11)18-23-20-24-19(28)16(26(20)25-18)10-17(27)22-15-8-5-12(2)9-14(15)21/h3-9,16H,10H2,1-2H3,(H,22,27)(H,23,24,25,28). The van der Waals surface area contributed by atoms with Gasteiger partial charge in [0.25, 0.3) is 5.91 Å². The van der Waals surface area contributed by atoms with Crippen LogP contribution in [0.1, 0.15) is 23.6 Å². The first-order valence-corrected chi connectivity index (χ1v) is 8.81. The molecule has 0 fully saturated rings. The average molecular weight is 379 g/mol. The molecule has 1 atom stereocenters. The van der Waals surface area contributed by atoms with Gasteiger partial charge in [-0.3, -0.25) is 14.9 Å². The number of fused-ring (bicyclic) bond motifs is 1. The Hall–Kier alpha value is -3.55. The zero-order chi connectivity index (χ0) is 19.8. The van der Waals surface area contributed by atoms with E-state index in [1.165, 1.54) is 16.8 Å². The summed E-state index contributed by atoms with van der Waals surface area (Å²) in [4.78, 5) is 28.9. The Balaban J connectivity index is 1.52. The van der Waals surface area contributed by atoms with E-state index in [2.05, 4.69) is 20.7 Å². The van der Waals surface area contributed by atoms with Gasteiger partial charge in [-0.15, -0.1) is 5.10 Å². The fraction of sp³-hybridized carbons (Fsp3) is 0.200. The lowest BCUT2D eigenvalue weighted by Gasteiger charge is -2.10. The number of hydrogen-bond acceptors (Lipinski definition) is 4. The van der Waals surface area contributed by atoms with Crippen LogP contribution >= 0.6 is 0 Å². The average Bonchev–Trinajstić information content (AvgIpc) is 3.17. The molecule has 8 heteroatoms. The van der Waals surface area contributed by atoms with Gasteiger partial charge in [0.05, 0.1) is 12.1 Å². The van der Waals surface area contributed by atoms with Gasteiger partial charge in [0.2, 0.25) is 11.9 Å². The van der Waals surface area contributed by atoms with Crippen molar-refractivity contribution in [2.45, 2.75) is 26.3 Å². The maximum Gasteiger partial charge on any atom is 0.252 e. The van der Waals surface area contributed by atoms with E-state index in [9.17, 15) is 14.0 Å². The van der Waals surface area contributed by atoms with Crippen LogP contribution in [0.2, 0.25) is 0 Å². The molecule has 3 aromatic rings. The van der Waals surface area contributed by atoms with Crippen molar-refractivity contribution in [2.75, 3.05) is 10.6 Å². The summed E-state index contributed by atoms with van der Waals surface area (Å²) in [5, 5.41) is 9.52. The number of aryl methyl sites for hydroxylation is 2. The Kier molecular flexibility index (Phi) is 4.38. The molecule has 1 unspecified atom stereocenters.